The van der Waals surface area contributed by atoms with Crippen LogP contribution in [0, 0.1) is 5.41 Å². The highest BCUT2D eigenvalue weighted by Gasteiger charge is 2.54. The Hall–Kier alpha value is -1.84. The highest BCUT2D eigenvalue weighted by atomic mass is 19.1. The standard InChI is InChI=1S/C23H30FNO2/c1-2-18(16-24)17-27-20-6-4-19(5-7-20)22-8-11-23(12-9-22,13-10-22)21(26)25-14-3-15-25/h4-7,16H,2-3,8-15,17H2,1H3/b18-16+. The number of halogens is 1. The molecule has 1 aliphatic heterocycles. The van der Waals surface area contributed by atoms with E-state index in [2.05, 4.69) is 17.0 Å². The summed E-state index contributed by atoms with van der Waals surface area (Å²) >= 11 is 0. The Bertz CT molecular complexity index is 696. The molecule has 1 heterocycles. The zero-order valence-corrected chi connectivity index (χ0v) is 16.3. The van der Waals surface area contributed by atoms with Crippen molar-refractivity contribution in [2.75, 3.05) is 19.7 Å². The fourth-order valence-electron chi connectivity index (χ4n) is 5.09. The molecular formula is C23H30FNO2. The SMILES string of the molecule is CC/C(=C\F)COc1ccc(C23CCC(C(=O)N4CCC4)(CC2)CC3)cc1. The van der Waals surface area contributed by atoms with Crippen LogP contribution in [-0.4, -0.2) is 30.5 Å². The number of ether oxygens (including phenoxy) is 1. The molecule has 5 rings (SSSR count). The van der Waals surface area contributed by atoms with Gasteiger partial charge in [0.15, 0.2) is 0 Å². The van der Waals surface area contributed by atoms with E-state index >= 15 is 0 Å². The Labute approximate surface area is 161 Å². The molecule has 4 heteroatoms. The largest absolute Gasteiger partial charge is 0.489 e. The number of fused-ring (bicyclic) bond motifs is 3. The van der Waals surface area contributed by atoms with Gasteiger partial charge in [0.25, 0.3) is 0 Å². The number of likely N-dealkylation sites (tertiary alicyclic amines) is 1. The van der Waals surface area contributed by atoms with Crippen LogP contribution in [0.4, 0.5) is 4.39 Å². The lowest BCUT2D eigenvalue weighted by Crippen LogP contribution is -2.55. The van der Waals surface area contributed by atoms with Crippen LogP contribution in [0.25, 0.3) is 0 Å². The van der Waals surface area contributed by atoms with Gasteiger partial charge in [-0.1, -0.05) is 19.1 Å². The summed E-state index contributed by atoms with van der Waals surface area (Å²) in [6, 6.07) is 8.37. The van der Waals surface area contributed by atoms with E-state index < -0.39 is 0 Å². The number of nitrogens with zero attached hydrogens (tertiary/aromatic N) is 1. The average molecular weight is 371 g/mol. The summed E-state index contributed by atoms with van der Waals surface area (Å²) in [6.45, 7) is 4.16. The number of benzene rings is 1. The molecule has 0 N–H and O–H groups in total. The Morgan fingerprint density at radius 2 is 1.74 bits per heavy atom. The first-order chi connectivity index (χ1) is 13.1. The van der Waals surface area contributed by atoms with Crippen molar-refractivity contribution < 1.29 is 13.9 Å². The minimum atomic E-state index is -0.0690. The number of carbonyl (C=O) groups is 1. The second-order valence-corrected chi connectivity index (χ2v) is 8.64. The normalized spacial score (nSPS) is 30.1. The summed E-state index contributed by atoms with van der Waals surface area (Å²) in [5, 5.41) is 0. The van der Waals surface area contributed by atoms with Gasteiger partial charge in [0.05, 0.1) is 6.33 Å². The first kappa shape index (κ1) is 18.5. The lowest BCUT2D eigenvalue weighted by molar-refractivity contribution is -0.153. The molecule has 0 spiro atoms. The highest BCUT2D eigenvalue weighted by molar-refractivity contribution is 5.84. The Morgan fingerprint density at radius 3 is 2.22 bits per heavy atom. The number of amides is 1. The molecule has 4 aliphatic rings. The smallest absolute Gasteiger partial charge is 0.228 e. The lowest BCUT2D eigenvalue weighted by Gasteiger charge is -2.54. The maximum Gasteiger partial charge on any atom is 0.228 e. The number of hydrogen-bond donors (Lipinski definition) is 0. The Balaban J connectivity index is 1.41. The van der Waals surface area contributed by atoms with E-state index in [9.17, 15) is 9.18 Å². The molecule has 3 aliphatic carbocycles. The topological polar surface area (TPSA) is 29.5 Å². The minimum absolute atomic E-state index is 0.0690. The maximum atomic E-state index is 12.9. The van der Waals surface area contributed by atoms with Gasteiger partial charge in [-0.25, -0.2) is 4.39 Å². The van der Waals surface area contributed by atoms with Gasteiger partial charge in [-0.05, 0) is 80.1 Å². The maximum absolute atomic E-state index is 12.9. The highest BCUT2D eigenvalue weighted by Crippen LogP contribution is 2.58. The second kappa shape index (κ2) is 7.29. The third-order valence-electron chi connectivity index (χ3n) is 7.34. The van der Waals surface area contributed by atoms with E-state index in [-0.39, 0.29) is 10.8 Å². The van der Waals surface area contributed by atoms with Crippen molar-refractivity contribution in [1.82, 2.24) is 4.90 Å². The van der Waals surface area contributed by atoms with Gasteiger partial charge >= 0.3 is 0 Å². The summed E-state index contributed by atoms with van der Waals surface area (Å²) in [5.41, 5.74) is 2.19. The molecule has 4 fully saturated rings. The molecule has 3 nitrogen and oxygen atoms in total. The predicted octanol–water partition coefficient (Wildman–Crippen LogP) is 5.15. The van der Waals surface area contributed by atoms with Gasteiger partial charge in [-0.2, -0.15) is 0 Å². The van der Waals surface area contributed by atoms with Crippen LogP contribution < -0.4 is 4.74 Å². The van der Waals surface area contributed by atoms with Crippen molar-refractivity contribution in [2.24, 2.45) is 5.41 Å². The van der Waals surface area contributed by atoms with Gasteiger partial charge < -0.3 is 9.64 Å². The number of rotatable bonds is 6. The summed E-state index contributed by atoms with van der Waals surface area (Å²) in [6.07, 6.45) is 8.89. The van der Waals surface area contributed by atoms with Crippen LogP contribution in [0.15, 0.2) is 36.2 Å². The molecule has 0 aromatic heterocycles. The molecule has 0 atom stereocenters. The van der Waals surface area contributed by atoms with E-state index in [1.807, 2.05) is 19.1 Å². The molecule has 146 valence electrons. The van der Waals surface area contributed by atoms with Crippen molar-refractivity contribution in [3.05, 3.63) is 41.7 Å². The summed E-state index contributed by atoms with van der Waals surface area (Å²) in [7, 11) is 0. The molecule has 1 amide bonds. The van der Waals surface area contributed by atoms with Crippen LogP contribution in [0.5, 0.6) is 5.75 Å². The molecule has 0 unspecified atom stereocenters. The first-order valence-electron chi connectivity index (χ1n) is 10.4. The molecule has 1 saturated heterocycles. The van der Waals surface area contributed by atoms with Crippen LogP contribution in [-0.2, 0) is 10.2 Å². The quantitative estimate of drug-likeness (QED) is 0.692. The Kier molecular flexibility index (Phi) is 5.00. The van der Waals surface area contributed by atoms with E-state index in [1.165, 1.54) is 12.0 Å². The molecular weight excluding hydrogens is 341 g/mol. The zero-order valence-electron chi connectivity index (χ0n) is 16.3. The third kappa shape index (κ3) is 3.28. The summed E-state index contributed by atoms with van der Waals surface area (Å²) in [5.74, 6) is 1.22. The van der Waals surface area contributed by atoms with Gasteiger partial charge in [0, 0.05) is 18.5 Å². The van der Waals surface area contributed by atoms with Crippen LogP contribution >= 0.6 is 0 Å². The molecule has 3 saturated carbocycles. The number of carbonyl (C=O) groups excluding carboxylic acids is 1. The van der Waals surface area contributed by atoms with Crippen molar-refractivity contribution >= 4 is 5.91 Å². The first-order valence-corrected chi connectivity index (χ1v) is 10.4. The summed E-state index contributed by atoms with van der Waals surface area (Å²) in [4.78, 5) is 15.0. The average Bonchev–Trinajstić information content (AvgIpc) is 2.69. The van der Waals surface area contributed by atoms with Crippen molar-refractivity contribution in [2.45, 2.75) is 63.7 Å². The third-order valence-corrected chi connectivity index (χ3v) is 7.34. The monoisotopic (exact) mass is 371 g/mol. The van der Waals surface area contributed by atoms with Gasteiger partial charge in [0.1, 0.15) is 12.4 Å². The predicted molar refractivity (Wildman–Crippen MR) is 104 cm³/mol. The minimum Gasteiger partial charge on any atom is -0.489 e. The van der Waals surface area contributed by atoms with E-state index in [0.717, 1.165) is 57.4 Å². The molecule has 27 heavy (non-hydrogen) atoms. The van der Waals surface area contributed by atoms with Crippen LogP contribution in [0.2, 0.25) is 0 Å². The second-order valence-electron chi connectivity index (χ2n) is 8.64. The van der Waals surface area contributed by atoms with Gasteiger partial charge in [0.2, 0.25) is 5.91 Å². The molecule has 0 radical (unpaired) electrons. The van der Waals surface area contributed by atoms with Crippen molar-refractivity contribution in [3.8, 4) is 5.75 Å². The van der Waals surface area contributed by atoms with E-state index in [4.69, 9.17) is 4.74 Å². The molecule has 1 aromatic rings. The molecule has 2 bridgehead atoms. The van der Waals surface area contributed by atoms with Gasteiger partial charge in [-0.3, -0.25) is 4.79 Å². The van der Waals surface area contributed by atoms with Crippen molar-refractivity contribution in [3.63, 3.8) is 0 Å². The van der Waals surface area contributed by atoms with Crippen LogP contribution in [0.3, 0.4) is 0 Å². The molecule has 1 aromatic carbocycles. The fraction of sp³-hybridized carbons (Fsp3) is 0.609. The zero-order chi connectivity index (χ0) is 18.9. The van der Waals surface area contributed by atoms with E-state index in [0.29, 0.717) is 30.8 Å². The van der Waals surface area contributed by atoms with Crippen molar-refractivity contribution in [1.29, 1.82) is 0 Å². The van der Waals surface area contributed by atoms with E-state index in [1.54, 1.807) is 0 Å². The lowest BCUT2D eigenvalue weighted by atomic mass is 9.51. The van der Waals surface area contributed by atoms with Gasteiger partial charge in [-0.15, -0.1) is 0 Å². The number of hydrogen-bond acceptors (Lipinski definition) is 2. The van der Waals surface area contributed by atoms with Crippen LogP contribution in [0.1, 0.15) is 63.9 Å². The summed E-state index contributed by atoms with van der Waals surface area (Å²) < 4.78 is 18.4. The Morgan fingerprint density at radius 1 is 1.11 bits per heavy atom. The fourth-order valence-corrected chi connectivity index (χ4v) is 5.09.